The molecule has 0 bridgehead atoms. The van der Waals surface area contributed by atoms with E-state index >= 15 is 0 Å². The van der Waals surface area contributed by atoms with Crippen molar-refractivity contribution >= 4 is 43.7 Å². The second-order valence-electron chi connectivity index (χ2n) is 6.22. The summed E-state index contributed by atoms with van der Waals surface area (Å²) in [4.78, 5) is 15.7. The molecule has 0 radical (unpaired) electrons. The zero-order valence-corrected chi connectivity index (χ0v) is 18.8. The normalized spacial score (nSPS) is 10.4. The average molecular weight is 506 g/mol. The number of carbonyl (C=O) groups is 1. The van der Waals surface area contributed by atoms with Gasteiger partial charge in [0.05, 0.1) is 16.1 Å². The summed E-state index contributed by atoms with van der Waals surface area (Å²) in [5.41, 5.74) is 12.5. The van der Waals surface area contributed by atoms with Crippen LogP contribution in [0.15, 0.2) is 87.2 Å². The minimum atomic E-state index is -4.02. The van der Waals surface area contributed by atoms with E-state index in [1.807, 2.05) is 6.92 Å². The molecule has 10 heteroatoms. The van der Waals surface area contributed by atoms with Crippen LogP contribution in [0.1, 0.15) is 15.9 Å². The number of carbonyl (C=O) groups excluding carboxylic acids is 1. The Hall–Kier alpha value is -3.21. The SMILES string of the molecule is Cc1ccc(S(=O)(=O)O)cc1.NC(N)=Nc1ccc(C(=O)Oc2ccc(Br)cc2)cc1. The number of nitrogens with two attached hydrogens (primary N) is 2. The number of guanidine groups is 1. The summed E-state index contributed by atoms with van der Waals surface area (Å²) in [5, 5.41) is 0. The van der Waals surface area contributed by atoms with Crippen LogP contribution in [0.5, 0.6) is 5.75 Å². The third kappa shape index (κ3) is 8.21. The summed E-state index contributed by atoms with van der Waals surface area (Å²) < 4.78 is 35.7. The van der Waals surface area contributed by atoms with Crippen molar-refractivity contribution in [3.63, 3.8) is 0 Å². The molecule has 8 nitrogen and oxygen atoms in total. The Balaban J connectivity index is 0.000000262. The number of hydrogen-bond acceptors (Lipinski definition) is 5. The first-order valence-electron chi connectivity index (χ1n) is 8.76. The van der Waals surface area contributed by atoms with Crippen LogP contribution in [-0.4, -0.2) is 24.9 Å². The average Bonchev–Trinajstić information content (AvgIpc) is 2.70. The van der Waals surface area contributed by atoms with Gasteiger partial charge in [-0.25, -0.2) is 9.79 Å². The minimum Gasteiger partial charge on any atom is -0.423 e. The smallest absolute Gasteiger partial charge is 0.343 e. The Labute approximate surface area is 188 Å². The van der Waals surface area contributed by atoms with Gasteiger partial charge >= 0.3 is 5.97 Å². The third-order valence-electron chi connectivity index (χ3n) is 3.70. The number of benzene rings is 3. The first-order chi connectivity index (χ1) is 14.5. The summed E-state index contributed by atoms with van der Waals surface area (Å²) in [6, 6.07) is 19.5. The van der Waals surface area contributed by atoms with Crippen LogP contribution in [0.3, 0.4) is 0 Å². The second kappa shape index (κ2) is 10.7. The molecule has 162 valence electrons. The van der Waals surface area contributed by atoms with E-state index in [1.165, 1.54) is 12.1 Å². The molecule has 0 spiro atoms. The molecular formula is C21H20BrN3O5S. The highest BCUT2D eigenvalue weighted by Crippen LogP contribution is 2.18. The summed E-state index contributed by atoms with van der Waals surface area (Å²) in [6.07, 6.45) is 0. The lowest BCUT2D eigenvalue weighted by atomic mass is 10.2. The van der Waals surface area contributed by atoms with Gasteiger partial charge in [0, 0.05) is 4.47 Å². The molecule has 0 atom stereocenters. The van der Waals surface area contributed by atoms with Crippen LogP contribution in [-0.2, 0) is 10.1 Å². The van der Waals surface area contributed by atoms with Crippen LogP contribution in [0, 0.1) is 6.92 Å². The van der Waals surface area contributed by atoms with E-state index in [-0.39, 0.29) is 10.9 Å². The Kier molecular flexibility index (Phi) is 8.31. The Bertz CT molecular complexity index is 1160. The predicted molar refractivity (Wildman–Crippen MR) is 122 cm³/mol. The fourth-order valence-electron chi connectivity index (χ4n) is 2.20. The maximum absolute atomic E-state index is 11.9. The molecule has 0 aliphatic rings. The molecule has 0 saturated carbocycles. The molecule has 0 saturated heterocycles. The molecule has 3 rings (SSSR count). The number of ether oxygens (including phenoxy) is 1. The van der Waals surface area contributed by atoms with Crippen LogP contribution in [0.4, 0.5) is 5.69 Å². The Morgan fingerprint density at radius 2 is 1.48 bits per heavy atom. The van der Waals surface area contributed by atoms with Crippen molar-refractivity contribution in [2.24, 2.45) is 16.5 Å². The summed E-state index contributed by atoms with van der Waals surface area (Å²) >= 11 is 3.31. The maximum Gasteiger partial charge on any atom is 0.343 e. The molecule has 0 aliphatic heterocycles. The largest absolute Gasteiger partial charge is 0.423 e. The Morgan fingerprint density at radius 1 is 0.935 bits per heavy atom. The van der Waals surface area contributed by atoms with E-state index < -0.39 is 16.1 Å². The van der Waals surface area contributed by atoms with Crippen molar-refractivity contribution in [1.29, 1.82) is 0 Å². The maximum atomic E-state index is 11.9. The molecule has 0 heterocycles. The highest BCUT2D eigenvalue weighted by atomic mass is 79.9. The van der Waals surface area contributed by atoms with Gasteiger partial charge in [-0.3, -0.25) is 4.55 Å². The van der Waals surface area contributed by atoms with E-state index in [9.17, 15) is 13.2 Å². The van der Waals surface area contributed by atoms with Crippen molar-refractivity contribution in [2.45, 2.75) is 11.8 Å². The van der Waals surface area contributed by atoms with Gasteiger partial charge in [0.25, 0.3) is 10.1 Å². The number of halogens is 1. The number of rotatable bonds is 4. The van der Waals surface area contributed by atoms with Crippen molar-refractivity contribution in [2.75, 3.05) is 0 Å². The van der Waals surface area contributed by atoms with Crippen LogP contribution >= 0.6 is 15.9 Å². The summed E-state index contributed by atoms with van der Waals surface area (Å²) in [7, 11) is -4.02. The lowest BCUT2D eigenvalue weighted by Gasteiger charge is -2.04. The number of nitrogens with zero attached hydrogens (tertiary/aromatic N) is 1. The van der Waals surface area contributed by atoms with Gasteiger partial charge in [-0.2, -0.15) is 8.42 Å². The first kappa shape index (κ1) is 24.1. The summed E-state index contributed by atoms with van der Waals surface area (Å²) in [6.45, 7) is 1.84. The molecule has 0 aromatic heterocycles. The highest BCUT2D eigenvalue weighted by molar-refractivity contribution is 9.10. The predicted octanol–water partition coefficient (Wildman–Crippen LogP) is 3.81. The third-order valence-corrected chi connectivity index (χ3v) is 5.10. The van der Waals surface area contributed by atoms with Crippen molar-refractivity contribution < 1.29 is 22.5 Å². The number of esters is 1. The second-order valence-corrected chi connectivity index (χ2v) is 8.55. The van der Waals surface area contributed by atoms with Crippen LogP contribution < -0.4 is 16.2 Å². The fourth-order valence-corrected chi connectivity index (χ4v) is 2.94. The summed E-state index contributed by atoms with van der Waals surface area (Å²) in [5.74, 6) is 0.00487. The van der Waals surface area contributed by atoms with Crippen LogP contribution in [0.2, 0.25) is 0 Å². The topological polar surface area (TPSA) is 145 Å². The van der Waals surface area contributed by atoms with Crippen molar-refractivity contribution in [3.8, 4) is 5.75 Å². The molecule has 0 amide bonds. The van der Waals surface area contributed by atoms with E-state index in [1.54, 1.807) is 60.7 Å². The van der Waals surface area contributed by atoms with Gasteiger partial charge in [0.2, 0.25) is 0 Å². The molecule has 0 fully saturated rings. The van der Waals surface area contributed by atoms with E-state index in [4.69, 9.17) is 20.8 Å². The fraction of sp³-hybridized carbons (Fsp3) is 0.0476. The standard InChI is InChI=1S/C14H12BrN3O2.C7H8O3S/c15-10-3-7-12(8-4-10)20-13(19)9-1-5-11(6-2-9)18-14(16)17;1-6-2-4-7(5-3-6)11(8,9)10/h1-8H,(H4,16,17,18);2-5H,1H3,(H,8,9,10). The van der Waals surface area contributed by atoms with Crippen molar-refractivity contribution in [1.82, 2.24) is 0 Å². The van der Waals surface area contributed by atoms with Crippen LogP contribution in [0.25, 0.3) is 0 Å². The number of aliphatic imine (C=N–C) groups is 1. The first-order valence-corrected chi connectivity index (χ1v) is 11.0. The molecular weight excluding hydrogens is 486 g/mol. The van der Waals surface area contributed by atoms with Gasteiger partial charge in [0.15, 0.2) is 5.96 Å². The minimum absolute atomic E-state index is 0.0322. The van der Waals surface area contributed by atoms with E-state index in [0.29, 0.717) is 17.0 Å². The van der Waals surface area contributed by atoms with Gasteiger partial charge in [-0.15, -0.1) is 0 Å². The Morgan fingerprint density at radius 3 is 1.97 bits per heavy atom. The lowest BCUT2D eigenvalue weighted by molar-refractivity contribution is 0.0734. The van der Waals surface area contributed by atoms with E-state index in [2.05, 4.69) is 20.9 Å². The quantitative estimate of drug-likeness (QED) is 0.160. The monoisotopic (exact) mass is 505 g/mol. The highest BCUT2D eigenvalue weighted by Gasteiger charge is 2.08. The molecule has 0 unspecified atom stereocenters. The van der Waals surface area contributed by atoms with Gasteiger partial charge in [-0.1, -0.05) is 33.6 Å². The number of aryl methyl sites for hydroxylation is 1. The lowest BCUT2D eigenvalue weighted by Crippen LogP contribution is -2.21. The molecule has 5 N–H and O–H groups in total. The molecule has 3 aromatic carbocycles. The zero-order valence-electron chi connectivity index (χ0n) is 16.4. The van der Waals surface area contributed by atoms with Crippen molar-refractivity contribution in [3.05, 3.63) is 88.4 Å². The molecule has 31 heavy (non-hydrogen) atoms. The van der Waals surface area contributed by atoms with Gasteiger partial charge in [-0.05, 0) is 67.6 Å². The van der Waals surface area contributed by atoms with E-state index in [0.717, 1.165) is 10.0 Å². The number of hydrogen-bond donors (Lipinski definition) is 3. The molecule has 0 aliphatic carbocycles. The zero-order chi connectivity index (χ0) is 23.0. The molecule has 3 aromatic rings. The van der Waals surface area contributed by atoms with Gasteiger partial charge < -0.3 is 16.2 Å². The van der Waals surface area contributed by atoms with Gasteiger partial charge in [0.1, 0.15) is 5.75 Å².